The Bertz CT molecular complexity index is 1310. The predicted octanol–water partition coefficient (Wildman–Crippen LogP) is 3.54. The van der Waals surface area contributed by atoms with E-state index in [0.29, 0.717) is 17.9 Å². The number of para-hydroxylation sites is 2. The molecule has 0 bridgehead atoms. The van der Waals surface area contributed by atoms with Crippen LogP contribution in [0.1, 0.15) is 15.9 Å². The minimum Gasteiger partial charge on any atom is -0.348 e. The Morgan fingerprint density at radius 3 is 2.60 bits per heavy atom. The lowest BCUT2D eigenvalue weighted by molar-refractivity contribution is 0.0951. The number of pyridine rings is 1. The standard InChI is InChI=1S/C23H18N6O/c30-23(25-15-18-5-3-12-24-22(18)29-14-4-13-27-29)17-8-10-19(11-9-17)28-16-26-20-6-1-2-7-21(20)28/h1-14,16H,15H2,(H,25,30). The van der Waals surface area contributed by atoms with Gasteiger partial charge >= 0.3 is 0 Å². The molecule has 0 aliphatic carbocycles. The van der Waals surface area contributed by atoms with Crippen LogP contribution in [0.25, 0.3) is 22.5 Å². The van der Waals surface area contributed by atoms with Gasteiger partial charge in [-0.3, -0.25) is 9.36 Å². The van der Waals surface area contributed by atoms with E-state index in [-0.39, 0.29) is 5.91 Å². The number of benzene rings is 2. The summed E-state index contributed by atoms with van der Waals surface area (Å²) in [5.41, 5.74) is 4.39. The van der Waals surface area contributed by atoms with Gasteiger partial charge in [-0.2, -0.15) is 5.10 Å². The van der Waals surface area contributed by atoms with Crippen molar-refractivity contribution in [3.05, 3.63) is 103 Å². The van der Waals surface area contributed by atoms with Crippen LogP contribution < -0.4 is 5.32 Å². The van der Waals surface area contributed by atoms with Gasteiger partial charge < -0.3 is 5.32 Å². The molecule has 0 atom stereocenters. The van der Waals surface area contributed by atoms with E-state index in [1.807, 2.05) is 77.5 Å². The monoisotopic (exact) mass is 394 g/mol. The van der Waals surface area contributed by atoms with E-state index in [2.05, 4.69) is 20.4 Å². The lowest BCUT2D eigenvalue weighted by atomic mass is 10.1. The fraction of sp³-hybridized carbons (Fsp3) is 0.0435. The lowest BCUT2D eigenvalue weighted by Crippen LogP contribution is -2.23. The van der Waals surface area contributed by atoms with Gasteiger partial charge in [0.1, 0.15) is 6.33 Å². The van der Waals surface area contributed by atoms with Crippen LogP contribution in [0.15, 0.2) is 91.6 Å². The number of nitrogens with one attached hydrogen (secondary N) is 1. The minimum atomic E-state index is -0.146. The van der Waals surface area contributed by atoms with Gasteiger partial charge in [-0.25, -0.2) is 14.6 Å². The molecule has 5 rings (SSSR count). The quantitative estimate of drug-likeness (QED) is 0.495. The Hall–Kier alpha value is -4.26. The molecular weight excluding hydrogens is 376 g/mol. The summed E-state index contributed by atoms with van der Waals surface area (Å²) < 4.78 is 3.69. The van der Waals surface area contributed by atoms with Crippen molar-refractivity contribution < 1.29 is 4.79 Å². The van der Waals surface area contributed by atoms with Crippen molar-refractivity contribution in [3.63, 3.8) is 0 Å². The Balaban J connectivity index is 1.32. The molecule has 0 aliphatic rings. The normalized spacial score (nSPS) is 10.9. The van der Waals surface area contributed by atoms with Crippen molar-refractivity contribution in [3.8, 4) is 11.5 Å². The lowest BCUT2D eigenvalue weighted by Gasteiger charge is -2.10. The van der Waals surface area contributed by atoms with E-state index in [4.69, 9.17) is 0 Å². The van der Waals surface area contributed by atoms with Gasteiger partial charge in [0.25, 0.3) is 5.91 Å². The molecular formula is C23H18N6O. The first-order valence-electron chi connectivity index (χ1n) is 9.54. The molecule has 1 amide bonds. The van der Waals surface area contributed by atoms with Crippen LogP contribution in [0.3, 0.4) is 0 Å². The fourth-order valence-corrected chi connectivity index (χ4v) is 3.38. The Labute approximate surface area is 172 Å². The molecule has 0 saturated carbocycles. The highest BCUT2D eigenvalue weighted by molar-refractivity contribution is 5.94. The summed E-state index contributed by atoms with van der Waals surface area (Å²) in [7, 11) is 0. The SMILES string of the molecule is O=C(NCc1cccnc1-n1cccn1)c1ccc(-n2cnc3ccccc32)cc1. The van der Waals surface area contributed by atoms with Crippen molar-refractivity contribution in [1.29, 1.82) is 0 Å². The molecule has 0 radical (unpaired) electrons. The topological polar surface area (TPSA) is 77.6 Å². The molecule has 146 valence electrons. The molecule has 5 aromatic rings. The third-order valence-corrected chi connectivity index (χ3v) is 4.89. The van der Waals surface area contributed by atoms with Crippen LogP contribution in [-0.4, -0.2) is 30.2 Å². The number of fused-ring (bicyclic) bond motifs is 1. The smallest absolute Gasteiger partial charge is 0.251 e. The fourth-order valence-electron chi connectivity index (χ4n) is 3.38. The van der Waals surface area contributed by atoms with Gasteiger partial charge in [0.15, 0.2) is 5.82 Å². The molecule has 30 heavy (non-hydrogen) atoms. The van der Waals surface area contributed by atoms with Gasteiger partial charge in [-0.05, 0) is 48.5 Å². The maximum atomic E-state index is 12.7. The zero-order valence-electron chi connectivity index (χ0n) is 16.0. The van der Waals surface area contributed by atoms with E-state index < -0.39 is 0 Å². The summed E-state index contributed by atoms with van der Waals surface area (Å²) in [5, 5.41) is 7.18. The second-order valence-corrected chi connectivity index (χ2v) is 6.77. The van der Waals surface area contributed by atoms with E-state index in [1.54, 1.807) is 23.4 Å². The molecule has 7 heteroatoms. The Morgan fingerprint density at radius 1 is 0.900 bits per heavy atom. The Kier molecular flexibility index (Phi) is 4.53. The second kappa shape index (κ2) is 7.63. The number of imidazole rings is 1. The number of hydrogen-bond acceptors (Lipinski definition) is 4. The van der Waals surface area contributed by atoms with Crippen molar-refractivity contribution in [2.24, 2.45) is 0 Å². The molecule has 7 nitrogen and oxygen atoms in total. The van der Waals surface area contributed by atoms with Crippen LogP contribution in [0.4, 0.5) is 0 Å². The average molecular weight is 394 g/mol. The van der Waals surface area contributed by atoms with Gasteiger partial charge in [0, 0.05) is 41.9 Å². The predicted molar refractivity (Wildman–Crippen MR) is 114 cm³/mol. The molecule has 2 aromatic carbocycles. The van der Waals surface area contributed by atoms with E-state index in [0.717, 1.165) is 22.3 Å². The minimum absolute atomic E-state index is 0.146. The molecule has 0 unspecified atom stereocenters. The second-order valence-electron chi connectivity index (χ2n) is 6.77. The zero-order valence-corrected chi connectivity index (χ0v) is 16.0. The third-order valence-electron chi connectivity index (χ3n) is 4.89. The number of rotatable bonds is 5. The van der Waals surface area contributed by atoms with Gasteiger partial charge in [0.05, 0.1) is 11.0 Å². The molecule has 0 spiro atoms. The molecule has 3 aromatic heterocycles. The summed E-state index contributed by atoms with van der Waals surface area (Å²) in [6.07, 6.45) is 7.02. The number of carbonyl (C=O) groups is 1. The highest BCUT2D eigenvalue weighted by Crippen LogP contribution is 2.18. The van der Waals surface area contributed by atoms with Gasteiger partial charge in [0.2, 0.25) is 0 Å². The van der Waals surface area contributed by atoms with Gasteiger partial charge in [-0.1, -0.05) is 18.2 Å². The van der Waals surface area contributed by atoms with Crippen LogP contribution in [0.5, 0.6) is 0 Å². The first-order valence-corrected chi connectivity index (χ1v) is 9.54. The Morgan fingerprint density at radius 2 is 1.77 bits per heavy atom. The van der Waals surface area contributed by atoms with Crippen molar-refractivity contribution in [2.45, 2.75) is 6.54 Å². The molecule has 0 saturated heterocycles. The molecule has 3 heterocycles. The number of nitrogens with zero attached hydrogens (tertiary/aromatic N) is 5. The van der Waals surface area contributed by atoms with Crippen LogP contribution in [0, 0.1) is 0 Å². The summed E-state index contributed by atoms with van der Waals surface area (Å²) in [6, 6.07) is 21.0. The molecule has 0 fully saturated rings. The first-order chi connectivity index (χ1) is 14.8. The van der Waals surface area contributed by atoms with Crippen molar-refractivity contribution in [2.75, 3.05) is 0 Å². The largest absolute Gasteiger partial charge is 0.348 e. The summed E-state index contributed by atoms with van der Waals surface area (Å²) in [5.74, 6) is 0.553. The highest BCUT2D eigenvalue weighted by Gasteiger charge is 2.10. The summed E-state index contributed by atoms with van der Waals surface area (Å²) >= 11 is 0. The van der Waals surface area contributed by atoms with Crippen molar-refractivity contribution >= 4 is 16.9 Å². The van der Waals surface area contributed by atoms with Crippen LogP contribution >= 0.6 is 0 Å². The van der Waals surface area contributed by atoms with Crippen LogP contribution in [0.2, 0.25) is 0 Å². The maximum Gasteiger partial charge on any atom is 0.251 e. The highest BCUT2D eigenvalue weighted by atomic mass is 16.1. The van der Waals surface area contributed by atoms with Gasteiger partial charge in [-0.15, -0.1) is 0 Å². The van der Waals surface area contributed by atoms with E-state index in [1.165, 1.54) is 0 Å². The zero-order chi connectivity index (χ0) is 20.3. The van der Waals surface area contributed by atoms with Crippen LogP contribution in [-0.2, 0) is 6.54 Å². The molecule has 0 aliphatic heterocycles. The summed E-state index contributed by atoms with van der Waals surface area (Å²) in [4.78, 5) is 21.4. The number of hydrogen-bond donors (Lipinski definition) is 1. The molecule has 1 N–H and O–H groups in total. The summed E-state index contributed by atoms with van der Waals surface area (Å²) in [6.45, 7) is 0.357. The van der Waals surface area contributed by atoms with E-state index >= 15 is 0 Å². The number of carbonyl (C=O) groups excluding carboxylic acids is 1. The van der Waals surface area contributed by atoms with Crippen molar-refractivity contribution in [1.82, 2.24) is 29.6 Å². The maximum absolute atomic E-state index is 12.7. The number of aromatic nitrogens is 5. The number of amides is 1. The first kappa shape index (κ1) is 17.8. The van der Waals surface area contributed by atoms with E-state index in [9.17, 15) is 4.79 Å². The average Bonchev–Trinajstić information content (AvgIpc) is 3.48. The third kappa shape index (κ3) is 3.33.